The van der Waals surface area contributed by atoms with E-state index in [9.17, 15) is 35.5 Å². The lowest BCUT2D eigenvalue weighted by atomic mass is 9.87. The lowest BCUT2D eigenvalue weighted by molar-refractivity contribution is -0.348. The number of halogens is 8. The molecule has 0 aliphatic heterocycles. The summed E-state index contributed by atoms with van der Waals surface area (Å²) in [7, 11) is 0. The molecule has 0 unspecified atom stereocenters. The number of nitrogens with one attached hydrogen (secondary N) is 2. The standard InChI is InChI=1S/C23H22ClF7N4O/c1-11-7-13(21(25,22(26,27)28)23(29,30)31)8-12(2)19(11)18(32)10-35(33)15-5-6-17(24)16(9-15)20(36)34-14-3-4-14/h5-9,14,32H,3-4,10,33H2,1-2H3,(H,34,36). The molecule has 0 heterocycles. The highest BCUT2D eigenvalue weighted by atomic mass is 35.5. The van der Waals surface area contributed by atoms with Crippen molar-refractivity contribution in [1.82, 2.24) is 5.32 Å². The van der Waals surface area contributed by atoms with E-state index in [0.29, 0.717) is 12.1 Å². The first-order chi connectivity index (χ1) is 16.5. The zero-order valence-corrected chi connectivity index (χ0v) is 19.8. The zero-order chi connectivity index (χ0) is 27.2. The van der Waals surface area contributed by atoms with E-state index in [1.54, 1.807) is 0 Å². The quantitative estimate of drug-likeness (QED) is 0.178. The summed E-state index contributed by atoms with van der Waals surface area (Å²) < 4.78 is 93.5. The molecular formula is C23H22ClF7N4O. The molecule has 0 aromatic heterocycles. The molecular weight excluding hydrogens is 517 g/mol. The molecule has 0 bridgehead atoms. The van der Waals surface area contributed by atoms with Crippen LogP contribution in [0.1, 0.15) is 45.5 Å². The van der Waals surface area contributed by atoms with Gasteiger partial charge in [0.05, 0.1) is 28.5 Å². The summed E-state index contributed by atoms with van der Waals surface area (Å²) in [5.74, 6) is 5.64. The molecule has 1 saturated carbocycles. The highest BCUT2D eigenvalue weighted by Gasteiger charge is 2.73. The minimum atomic E-state index is -6.24. The maximum atomic E-state index is 14.5. The van der Waals surface area contributed by atoms with Crippen LogP contribution in [0.15, 0.2) is 30.3 Å². The Morgan fingerprint density at radius 1 is 1.06 bits per heavy atom. The Labute approximate surface area is 206 Å². The van der Waals surface area contributed by atoms with Gasteiger partial charge in [0.25, 0.3) is 5.91 Å². The summed E-state index contributed by atoms with van der Waals surface area (Å²) in [6.45, 7) is 2.03. The van der Waals surface area contributed by atoms with Gasteiger partial charge in [0.2, 0.25) is 0 Å². The molecule has 13 heteroatoms. The Bertz CT molecular complexity index is 1150. The Morgan fingerprint density at radius 3 is 2.06 bits per heavy atom. The van der Waals surface area contributed by atoms with E-state index in [1.807, 2.05) is 0 Å². The Hall–Kier alpha value is -2.86. The molecule has 0 saturated heterocycles. The largest absolute Gasteiger partial charge is 0.435 e. The number of carbonyl (C=O) groups excluding carboxylic acids is 1. The topological polar surface area (TPSA) is 82.2 Å². The van der Waals surface area contributed by atoms with Gasteiger partial charge in [0, 0.05) is 17.2 Å². The van der Waals surface area contributed by atoms with Crippen molar-refractivity contribution in [3.63, 3.8) is 0 Å². The number of hydrogen-bond donors (Lipinski definition) is 3. The number of aryl methyl sites for hydroxylation is 2. The summed E-state index contributed by atoms with van der Waals surface area (Å²) in [4.78, 5) is 12.4. The second-order valence-corrected chi connectivity index (χ2v) is 9.06. The van der Waals surface area contributed by atoms with Crippen molar-refractivity contribution in [2.24, 2.45) is 5.84 Å². The Balaban J connectivity index is 1.88. The molecule has 1 amide bonds. The lowest BCUT2D eigenvalue weighted by Crippen LogP contribution is -2.50. The van der Waals surface area contributed by atoms with Gasteiger partial charge in [-0.25, -0.2) is 10.2 Å². The smallest absolute Gasteiger partial charge is 0.349 e. The van der Waals surface area contributed by atoms with E-state index in [2.05, 4.69) is 5.32 Å². The van der Waals surface area contributed by atoms with Crippen LogP contribution in [0.4, 0.5) is 36.4 Å². The summed E-state index contributed by atoms with van der Waals surface area (Å²) in [6, 6.07) is 5.26. The second-order valence-electron chi connectivity index (χ2n) is 8.66. The highest BCUT2D eigenvalue weighted by molar-refractivity contribution is 6.34. The maximum Gasteiger partial charge on any atom is 0.435 e. The first kappa shape index (κ1) is 27.7. The minimum absolute atomic E-state index is 0.0153. The van der Waals surface area contributed by atoms with E-state index in [-0.39, 0.29) is 51.3 Å². The van der Waals surface area contributed by atoms with Gasteiger partial charge >= 0.3 is 18.0 Å². The molecule has 2 aromatic carbocycles. The van der Waals surface area contributed by atoms with Crippen LogP contribution < -0.4 is 16.2 Å². The van der Waals surface area contributed by atoms with Gasteiger partial charge in [-0.3, -0.25) is 4.79 Å². The number of carbonyl (C=O) groups is 1. The van der Waals surface area contributed by atoms with E-state index in [0.717, 1.165) is 17.9 Å². The van der Waals surface area contributed by atoms with Crippen LogP contribution in [0.25, 0.3) is 0 Å². The van der Waals surface area contributed by atoms with Gasteiger partial charge in [-0.15, -0.1) is 0 Å². The van der Waals surface area contributed by atoms with Gasteiger partial charge in [0.1, 0.15) is 0 Å². The van der Waals surface area contributed by atoms with Crippen LogP contribution in [0.3, 0.4) is 0 Å². The van der Waals surface area contributed by atoms with E-state index < -0.39 is 29.5 Å². The fourth-order valence-electron chi connectivity index (χ4n) is 3.82. The fraction of sp³-hybridized carbons (Fsp3) is 0.391. The van der Waals surface area contributed by atoms with Crippen molar-refractivity contribution in [3.8, 4) is 0 Å². The maximum absolute atomic E-state index is 14.5. The zero-order valence-electron chi connectivity index (χ0n) is 19.0. The third-order valence-corrected chi connectivity index (χ3v) is 6.11. The average molecular weight is 539 g/mol. The van der Waals surface area contributed by atoms with Crippen molar-refractivity contribution in [2.45, 2.75) is 50.8 Å². The van der Waals surface area contributed by atoms with Gasteiger partial charge in [-0.05, 0) is 56.0 Å². The van der Waals surface area contributed by atoms with Crippen LogP contribution in [-0.2, 0) is 5.67 Å². The predicted octanol–water partition coefficient (Wildman–Crippen LogP) is 5.89. The summed E-state index contributed by atoms with van der Waals surface area (Å²) >= 11 is 6.11. The normalized spacial score (nSPS) is 14.5. The molecule has 5 nitrogen and oxygen atoms in total. The first-order valence-electron chi connectivity index (χ1n) is 10.6. The summed E-state index contributed by atoms with van der Waals surface area (Å²) in [5, 5.41) is 12.4. The van der Waals surface area contributed by atoms with Crippen molar-refractivity contribution in [1.29, 1.82) is 5.41 Å². The third-order valence-electron chi connectivity index (χ3n) is 5.78. The number of alkyl halides is 7. The molecule has 1 aliphatic rings. The van der Waals surface area contributed by atoms with Gasteiger partial charge in [-0.1, -0.05) is 23.7 Å². The van der Waals surface area contributed by atoms with Crippen LogP contribution in [0, 0.1) is 19.3 Å². The first-order valence-corrected chi connectivity index (χ1v) is 11.0. The average Bonchev–Trinajstić information content (AvgIpc) is 3.54. The molecule has 0 atom stereocenters. The van der Waals surface area contributed by atoms with E-state index in [1.165, 1.54) is 32.0 Å². The van der Waals surface area contributed by atoms with Crippen molar-refractivity contribution in [2.75, 3.05) is 11.6 Å². The number of benzene rings is 2. The number of hydrogen-bond acceptors (Lipinski definition) is 4. The molecule has 0 radical (unpaired) electrons. The van der Waals surface area contributed by atoms with Gasteiger partial charge in [-0.2, -0.15) is 26.3 Å². The molecule has 196 valence electrons. The predicted molar refractivity (Wildman–Crippen MR) is 121 cm³/mol. The number of nitrogens with zero attached hydrogens (tertiary/aromatic N) is 1. The fourth-order valence-corrected chi connectivity index (χ4v) is 4.03. The highest BCUT2D eigenvalue weighted by Crippen LogP contribution is 2.53. The molecule has 0 spiro atoms. The van der Waals surface area contributed by atoms with Crippen molar-refractivity contribution in [3.05, 3.63) is 63.2 Å². The van der Waals surface area contributed by atoms with E-state index in [4.69, 9.17) is 22.9 Å². The number of hydrazine groups is 1. The van der Waals surface area contributed by atoms with Crippen molar-refractivity contribution >= 4 is 28.9 Å². The second kappa shape index (κ2) is 9.55. The van der Waals surface area contributed by atoms with E-state index >= 15 is 0 Å². The molecule has 2 aromatic rings. The monoisotopic (exact) mass is 538 g/mol. The van der Waals surface area contributed by atoms with Crippen LogP contribution in [0.2, 0.25) is 5.02 Å². The SMILES string of the molecule is Cc1cc(C(F)(C(F)(F)F)C(F)(F)F)cc(C)c1C(=N)CN(N)c1ccc(Cl)c(C(=O)NC2CC2)c1. The lowest BCUT2D eigenvalue weighted by Gasteiger charge is -2.31. The number of nitrogens with two attached hydrogens (primary N) is 1. The van der Waals surface area contributed by atoms with Crippen LogP contribution in [0.5, 0.6) is 0 Å². The third kappa shape index (κ3) is 5.29. The Kier molecular flexibility index (Phi) is 7.35. The molecule has 36 heavy (non-hydrogen) atoms. The number of rotatable bonds is 7. The number of anilines is 1. The molecule has 3 rings (SSSR count). The molecule has 4 N–H and O–H groups in total. The summed E-state index contributed by atoms with van der Waals surface area (Å²) in [5.41, 5.74) is -7.33. The van der Waals surface area contributed by atoms with Crippen molar-refractivity contribution < 1.29 is 35.5 Å². The van der Waals surface area contributed by atoms with Crippen LogP contribution >= 0.6 is 11.6 Å². The minimum Gasteiger partial charge on any atom is -0.349 e. The Morgan fingerprint density at radius 2 is 1.58 bits per heavy atom. The van der Waals surface area contributed by atoms with Crippen LogP contribution in [-0.4, -0.2) is 36.6 Å². The molecule has 1 fully saturated rings. The number of amides is 1. The molecule has 1 aliphatic carbocycles. The van der Waals surface area contributed by atoms with Gasteiger partial charge in [0.15, 0.2) is 0 Å². The van der Waals surface area contributed by atoms with Gasteiger partial charge < -0.3 is 15.7 Å². The summed E-state index contributed by atoms with van der Waals surface area (Å²) in [6.07, 6.45) is -10.8.